The molecule has 0 atom stereocenters. The number of methoxy groups -OCH3 is 1. The van der Waals surface area contributed by atoms with Gasteiger partial charge in [0.2, 0.25) is 5.91 Å². The summed E-state index contributed by atoms with van der Waals surface area (Å²) in [5, 5.41) is 11.6. The van der Waals surface area contributed by atoms with Crippen molar-refractivity contribution in [1.29, 1.82) is 0 Å². The molecule has 5 nitrogen and oxygen atoms in total. The molecule has 1 rings (SSSR count). The van der Waals surface area contributed by atoms with Gasteiger partial charge in [-0.15, -0.1) is 0 Å². The number of aliphatic hydroxyl groups excluding tert-OH is 1. The second-order valence-corrected chi connectivity index (χ2v) is 4.12. The maximum Gasteiger partial charge on any atom is 0.250 e. The summed E-state index contributed by atoms with van der Waals surface area (Å²) in [6.07, 6.45) is 1.52. The molecule has 0 radical (unpaired) electrons. The van der Waals surface area contributed by atoms with E-state index >= 15 is 0 Å². The number of anilines is 1. The van der Waals surface area contributed by atoms with Crippen LogP contribution in [0.1, 0.15) is 12.0 Å². The van der Waals surface area contributed by atoms with Crippen LogP contribution < -0.4 is 5.32 Å². The number of nitrogens with one attached hydrogen (secondary N) is 1. The molecule has 0 saturated heterocycles. The molecule has 5 heteroatoms. The Morgan fingerprint density at radius 1 is 1.37 bits per heavy atom. The number of aryl methyl sites for hydroxylation is 1. The third kappa shape index (κ3) is 6.91. The third-order valence-corrected chi connectivity index (χ3v) is 2.50. The highest BCUT2D eigenvalue weighted by molar-refractivity contribution is 5.91. The predicted molar refractivity (Wildman–Crippen MR) is 73.2 cm³/mol. The van der Waals surface area contributed by atoms with Crippen LogP contribution in [0, 0.1) is 0 Å². The molecule has 0 saturated carbocycles. The van der Waals surface area contributed by atoms with Gasteiger partial charge >= 0.3 is 0 Å². The van der Waals surface area contributed by atoms with Gasteiger partial charge < -0.3 is 19.9 Å². The number of amides is 1. The molecule has 19 heavy (non-hydrogen) atoms. The van der Waals surface area contributed by atoms with Crippen LogP contribution in [0.15, 0.2) is 24.3 Å². The number of carbonyl (C=O) groups excluding carboxylic acids is 1. The quantitative estimate of drug-likeness (QED) is 0.660. The third-order valence-electron chi connectivity index (χ3n) is 2.50. The Balaban J connectivity index is 2.36. The Bertz CT molecular complexity index is 381. The highest BCUT2D eigenvalue weighted by atomic mass is 16.5. The number of hydrogen-bond donors (Lipinski definition) is 2. The van der Waals surface area contributed by atoms with Crippen molar-refractivity contribution < 1.29 is 19.4 Å². The van der Waals surface area contributed by atoms with Crippen molar-refractivity contribution in [3.05, 3.63) is 29.8 Å². The van der Waals surface area contributed by atoms with Crippen molar-refractivity contribution in [2.45, 2.75) is 12.8 Å². The molecule has 2 N–H and O–H groups in total. The van der Waals surface area contributed by atoms with E-state index in [4.69, 9.17) is 14.6 Å². The fraction of sp³-hybridized carbons (Fsp3) is 0.500. The summed E-state index contributed by atoms with van der Waals surface area (Å²) in [6.45, 7) is 1.07. The number of ether oxygens (including phenoxy) is 2. The maximum atomic E-state index is 11.6. The lowest BCUT2D eigenvalue weighted by Gasteiger charge is -2.08. The number of hydrogen-bond acceptors (Lipinski definition) is 4. The van der Waals surface area contributed by atoms with Gasteiger partial charge in [-0.05, 0) is 30.5 Å². The van der Waals surface area contributed by atoms with Gasteiger partial charge in [0.1, 0.15) is 6.61 Å². The van der Waals surface area contributed by atoms with Crippen LogP contribution in [0.3, 0.4) is 0 Å². The number of benzene rings is 1. The molecular weight excluding hydrogens is 246 g/mol. The Hall–Kier alpha value is -1.43. The molecule has 0 bridgehead atoms. The first-order valence-corrected chi connectivity index (χ1v) is 6.32. The Morgan fingerprint density at radius 3 is 2.95 bits per heavy atom. The van der Waals surface area contributed by atoms with Gasteiger partial charge in [-0.25, -0.2) is 0 Å². The first-order chi connectivity index (χ1) is 9.26. The molecule has 0 unspecified atom stereocenters. The van der Waals surface area contributed by atoms with E-state index in [1.54, 1.807) is 7.11 Å². The summed E-state index contributed by atoms with van der Waals surface area (Å²) in [6, 6.07) is 7.59. The summed E-state index contributed by atoms with van der Waals surface area (Å²) in [5.74, 6) is -0.185. The van der Waals surface area contributed by atoms with Gasteiger partial charge in [-0.3, -0.25) is 4.79 Å². The fourth-order valence-corrected chi connectivity index (χ4v) is 1.59. The first kappa shape index (κ1) is 15.6. The monoisotopic (exact) mass is 267 g/mol. The summed E-state index contributed by atoms with van der Waals surface area (Å²) < 4.78 is 9.95. The van der Waals surface area contributed by atoms with Gasteiger partial charge in [0.25, 0.3) is 0 Å². The van der Waals surface area contributed by atoms with Crippen LogP contribution >= 0.6 is 0 Å². The van der Waals surface area contributed by atoms with E-state index in [-0.39, 0.29) is 19.1 Å². The topological polar surface area (TPSA) is 67.8 Å². The number of aliphatic hydroxyl groups is 1. The van der Waals surface area contributed by atoms with Crippen LogP contribution in [0.5, 0.6) is 0 Å². The van der Waals surface area contributed by atoms with E-state index in [0.717, 1.165) is 24.1 Å². The van der Waals surface area contributed by atoms with Crippen LogP contribution in [0.25, 0.3) is 0 Å². The lowest BCUT2D eigenvalue weighted by molar-refractivity contribution is -0.121. The van der Waals surface area contributed by atoms with Gasteiger partial charge in [0.15, 0.2) is 0 Å². The van der Waals surface area contributed by atoms with Crippen molar-refractivity contribution in [2.24, 2.45) is 0 Å². The second kappa shape index (κ2) is 9.49. The zero-order valence-electron chi connectivity index (χ0n) is 11.2. The minimum absolute atomic E-state index is 0.0181. The molecule has 1 aromatic carbocycles. The molecular formula is C14H21NO4. The van der Waals surface area contributed by atoms with Crippen molar-refractivity contribution in [1.82, 2.24) is 0 Å². The molecule has 0 aliphatic rings. The summed E-state index contributed by atoms with van der Waals surface area (Å²) in [7, 11) is 1.58. The lowest BCUT2D eigenvalue weighted by Crippen LogP contribution is -2.19. The summed E-state index contributed by atoms with van der Waals surface area (Å²) in [5.41, 5.74) is 1.84. The van der Waals surface area contributed by atoms with E-state index < -0.39 is 0 Å². The predicted octanol–water partition coefficient (Wildman–Crippen LogP) is 1.21. The van der Waals surface area contributed by atoms with Crippen LogP contribution in [-0.4, -0.2) is 44.6 Å². The van der Waals surface area contributed by atoms with E-state index in [1.807, 2.05) is 24.3 Å². The molecule has 1 aromatic rings. The second-order valence-electron chi connectivity index (χ2n) is 4.12. The van der Waals surface area contributed by atoms with Gasteiger partial charge in [0.05, 0.1) is 13.2 Å². The Labute approximate surface area is 113 Å². The van der Waals surface area contributed by atoms with Crippen molar-refractivity contribution in [2.75, 3.05) is 38.9 Å². The molecule has 0 aromatic heterocycles. The SMILES string of the molecule is COCCOCC(=O)Nc1cccc(CCCO)c1. The molecule has 0 fully saturated rings. The van der Waals surface area contributed by atoms with Gasteiger partial charge in [-0.2, -0.15) is 0 Å². The average molecular weight is 267 g/mol. The number of carbonyl (C=O) groups is 1. The standard InChI is InChI=1S/C14H21NO4/c1-18-8-9-19-11-14(17)15-13-6-2-4-12(10-13)5-3-7-16/h2,4,6,10,16H,3,5,7-9,11H2,1H3,(H,15,17). The normalized spacial score (nSPS) is 10.4. The van der Waals surface area contributed by atoms with E-state index in [2.05, 4.69) is 5.32 Å². The minimum atomic E-state index is -0.185. The molecule has 0 heterocycles. The molecule has 1 amide bonds. The van der Waals surface area contributed by atoms with Crippen LogP contribution in [0.4, 0.5) is 5.69 Å². The highest BCUT2D eigenvalue weighted by Crippen LogP contribution is 2.12. The molecule has 0 spiro atoms. The van der Waals surface area contributed by atoms with Crippen LogP contribution in [0.2, 0.25) is 0 Å². The largest absolute Gasteiger partial charge is 0.396 e. The first-order valence-electron chi connectivity index (χ1n) is 6.32. The van der Waals surface area contributed by atoms with E-state index in [1.165, 1.54) is 0 Å². The van der Waals surface area contributed by atoms with E-state index in [0.29, 0.717) is 13.2 Å². The molecule has 106 valence electrons. The molecule has 0 aliphatic heterocycles. The summed E-state index contributed by atoms with van der Waals surface area (Å²) >= 11 is 0. The summed E-state index contributed by atoms with van der Waals surface area (Å²) in [4.78, 5) is 11.6. The smallest absolute Gasteiger partial charge is 0.250 e. The Morgan fingerprint density at radius 2 is 2.21 bits per heavy atom. The van der Waals surface area contributed by atoms with Crippen molar-refractivity contribution >= 4 is 11.6 Å². The van der Waals surface area contributed by atoms with Gasteiger partial charge in [-0.1, -0.05) is 12.1 Å². The number of rotatable bonds is 9. The zero-order valence-corrected chi connectivity index (χ0v) is 11.2. The highest BCUT2D eigenvalue weighted by Gasteiger charge is 2.03. The van der Waals surface area contributed by atoms with Crippen LogP contribution in [-0.2, 0) is 20.7 Å². The minimum Gasteiger partial charge on any atom is -0.396 e. The van der Waals surface area contributed by atoms with E-state index in [9.17, 15) is 4.79 Å². The Kier molecular flexibility index (Phi) is 7.81. The zero-order chi connectivity index (χ0) is 13.9. The van der Waals surface area contributed by atoms with Crippen molar-refractivity contribution in [3.8, 4) is 0 Å². The lowest BCUT2D eigenvalue weighted by atomic mass is 10.1. The molecule has 0 aliphatic carbocycles. The van der Waals surface area contributed by atoms with Crippen molar-refractivity contribution in [3.63, 3.8) is 0 Å². The average Bonchev–Trinajstić information content (AvgIpc) is 2.42. The van der Waals surface area contributed by atoms with Gasteiger partial charge in [0, 0.05) is 19.4 Å². The maximum absolute atomic E-state index is 11.6. The fourth-order valence-electron chi connectivity index (χ4n) is 1.59.